The molecule has 4 heterocycles. The lowest BCUT2D eigenvalue weighted by Gasteiger charge is -2.19. The van der Waals surface area contributed by atoms with Crippen molar-refractivity contribution in [1.82, 2.24) is 19.3 Å². The number of aryl methyl sites for hydroxylation is 1. The fraction of sp³-hybridized carbons (Fsp3) is 0.381. The molecule has 3 aromatic heterocycles. The predicted octanol–water partition coefficient (Wildman–Crippen LogP) is 2.60. The molecule has 0 atom stereocenters. The zero-order valence-electron chi connectivity index (χ0n) is 17.0. The number of hydrogen-bond donors (Lipinski definition) is 1. The van der Waals surface area contributed by atoms with Gasteiger partial charge >= 0.3 is 0 Å². The molecule has 0 bridgehead atoms. The van der Waals surface area contributed by atoms with E-state index in [0.717, 1.165) is 40.8 Å². The molecule has 1 aliphatic carbocycles. The topological polar surface area (TPSA) is 97.2 Å². The first kappa shape index (κ1) is 20.4. The third-order valence-electron chi connectivity index (χ3n) is 6.22. The number of sulfonamides is 1. The number of nitrogens with one attached hydrogen (secondary N) is 1. The molecule has 1 spiro atoms. The molecule has 0 unspecified atom stereocenters. The van der Waals surface area contributed by atoms with Gasteiger partial charge in [-0.05, 0) is 50.1 Å². The van der Waals surface area contributed by atoms with Gasteiger partial charge in [0.1, 0.15) is 5.65 Å². The van der Waals surface area contributed by atoms with Gasteiger partial charge in [0.25, 0.3) is 0 Å². The van der Waals surface area contributed by atoms with Crippen molar-refractivity contribution < 1.29 is 13.2 Å². The second-order valence-electron chi connectivity index (χ2n) is 8.10. The summed E-state index contributed by atoms with van der Waals surface area (Å²) in [5, 5.41) is 1.39. The first-order chi connectivity index (χ1) is 14.8. The molecule has 10 heteroatoms. The zero-order chi connectivity index (χ0) is 21.8. The molecule has 1 aliphatic heterocycles. The number of halogens is 1. The van der Waals surface area contributed by atoms with Crippen LogP contribution >= 0.6 is 11.6 Å². The second-order valence-corrected chi connectivity index (χ2v) is 10.6. The summed E-state index contributed by atoms with van der Waals surface area (Å²) in [4.78, 5) is 23.8. The lowest BCUT2D eigenvalue weighted by Crippen LogP contribution is -2.32. The number of aromatic nitrogens is 3. The Labute approximate surface area is 185 Å². The predicted molar refractivity (Wildman–Crippen MR) is 119 cm³/mol. The monoisotopic (exact) mass is 459 g/mol. The van der Waals surface area contributed by atoms with Crippen LogP contribution in [0.1, 0.15) is 30.5 Å². The van der Waals surface area contributed by atoms with Gasteiger partial charge < -0.3 is 9.47 Å². The highest BCUT2D eigenvalue weighted by atomic mass is 35.5. The van der Waals surface area contributed by atoms with Crippen molar-refractivity contribution in [2.75, 3.05) is 17.7 Å². The summed E-state index contributed by atoms with van der Waals surface area (Å²) in [7, 11) is -1.89. The van der Waals surface area contributed by atoms with Crippen molar-refractivity contribution in [3.63, 3.8) is 0 Å². The molecule has 1 N–H and O–H groups in total. The molecule has 1 amide bonds. The van der Waals surface area contributed by atoms with Crippen LogP contribution in [0.4, 0.5) is 5.69 Å². The van der Waals surface area contributed by atoms with Gasteiger partial charge in [0.2, 0.25) is 15.9 Å². The van der Waals surface area contributed by atoms with Crippen LogP contribution < -0.4 is 9.62 Å². The fourth-order valence-corrected chi connectivity index (χ4v) is 5.36. The van der Waals surface area contributed by atoms with Gasteiger partial charge in [0.05, 0.1) is 34.6 Å². The van der Waals surface area contributed by atoms with E-state index in [1.54, 1.807) is 23.5 Å². The van der Waals surface area contributed by atoms with Gasteiger partial charge in [-0.3, -0.25) is 9.78 Å². The molecule has 31 heavy (non-hydrogen) atoms. The van der Waals surface area contributed by atoms with Gasteiger partial charge in [-0.1, -0.05) is 11.6 Å². The van der Waals surface area contributed by atoms with Gasteiger partial charge in [-0.15, -0.1) is 0 Å². The Bertz CT molecular complexity index is 1300. The minimum Gasteiger partial charge on any atom is -0.328 e. The summed E-state index contributed by atoms with van der Waals surface area (Å²) in [5.74, 6) is 0.116. The normalized spacial score (nSPS) is 17.0. The molecule has 8 nitrogen and oxygen atoms in total. The Morgan fingerprint density at radius 3 is 2.81 bits per heavy atom. The van der Waals surface area contributed by atoms with Crippen LogP contribution in [0, 0.1) is 0 Å². The number of anilines is 1. The minimum atomic E-state index is -3.30. The third kappa shape index (κ3) is 3.40. The maximum absolute atomic E-state index is 13.3. The molecule has 2 aliphatic rings. The molecule has 3 aromatic rings. The molecule has 1 saturated carbocycles. The van der Waals surface area contributed by atoms with Gasteiger partial charge in [0, 0.05) is 30.0 Å². The van der Waals surface area contributed by atoms with E-state index in [0.29, 0.717) is 24.5 Å². The van der Waals surface area contributed by atoms with Crippen LogP contribution in [-0.2, 0) is 33.3 Å². The number of carbonyl (C=O) groups excluding carboxylic acids is 1. The van der Waals surface area contributed by atoms with Crippen molar-refractivity contribution in [3.8, 4) is 0 Å². The summed E-state index contributed by atoms with van der Waals surface area (Å²) in [6.07, 6.45) is 7.21. The number of amides is 1. The molecule has 162 valence electrons. The van der Waals surface area contributed by atoms with Crippen LogP contribution in [0.2, 0.25) is 5.02 Å². The van der Waals surface area contributed by atoms with E-state index in [2.05, 4.69) is 14.7 Å². The molecular weight excluding hydrogens is 438 g/mol. The van der Waals surface area contributed by atoms with Gasteiger partial charge in [0.15, 0.2) is 0 Å². The maximum Gasteiger partial charge on any atom is 0.238 e. The van der Waals surface area contributed by atoms with Gasteiger partial charge in [-0.25, -0.2) is 18.1 Å². The summed E-state index contributed by atoms with van der Waals surface area (Å²) in [6, 6.07) is 5.75. The Hall–Kier alpha value is -2.49. The summed E-state index contributed by atoms with van der Waals surface area (Å²) >= 11 is 6.14. The summed E-state index contributed by atoms with van der Waals surface area (Å²) in [5.41, 5.74) is 3.12. The number of carbonyl (C=O) groups is 1. The van der Waals surface area contributed by atoms with Crippen LogP contribution in [-0.4, -0.2) is 41.7 Å². The fourth-order valence-electron chi connectivity index (χ4n) is 4.48. The quantitative estimate of drug-likeness (QED) is 0.585. The highest BCUT2D eigenvalue weighted by molar-refractivity contribution is 7.89. The highest BCUT2D eigenvalue weighted by Crippen LogP contribution is 2.57. The Kier molecular flexibility index (Phi) is 4.80. The first-order valence-electron chi connectivity index (χ1n) is 10.2. The molecule has 5 rings (SSSR count). The Morgan fingerprint density at radius 1 is 1.26 bits per heavy atom. The largest absolute Gasteiger partial charge is 0.328 e. The van der Waals surface area contributed by atoms with E-state index in [-0.39, 0.29) is 11.7 Å². The average molecular weight is 460 g/mol. The van der Waals surface area contributed by atoms with E-state index in [1.165, 1.54) is 7.05 Å². The van der Waals surface area contributed by atoms with E-state index in [9.17, 15) is 13.2 Å². The lowest BCUT2D eigenvalue weighted by molar-refractivity contribution is -0.120. The van der Waals surface area contributed by atoms with Crippen LogP contribution in [0.15, 0.2) is 36.8 Å². The maximum atomic E-state index is 13.3. The van der Waals surface area contributed by atoms with Crippen LogP contribution in [0.3, 0.4) is 0 Å². The standard InChI is InChI=1S/C21H22ClN5O3S/c1-23-31(29,30)8-2-7-26-16(10-14-9-15(22)11-25-19(14)26)13-27-18-12-24-6-3-17(18)21(4-5-21)20(27)28/h3,6,9-12,23H,2,4-5,7-8,13H2,1H3. The molecular formula is C21H22ClN5O3S. The number of hydrogen-bond acceptors (Lipinski definition) is 5. The average Bonchev–Trinajstić information content (AvgIpc) is 3.45. The zero-order valence-corrected chi connectivity index (χ0v) is 18.6. The van der Waals surface area contributed by atoms with Gasteiger partial charge in [-0.2, -0.15) is 0 Å². The minimum absolute atomic E-state index is 0.00864. The highest BCUT2D eigenvalue weighted by Gasteiger charge is 2.59. The van der Waals surface area contributed by atoms with Crippen molar-refractivity contribution in [2.24, 2.45) is 0 Å². The SMILES string of the molecule is CNS(=O)(=O)CCCn1c(CN2C(=O)C3(CC3)c3ccncc32)cc2cc(Cl)cnc21. The van der Waals surface area contributed by atoms with E-state index < -0.39 is 15.4 Å². The smallest absolute Gasteiger partial charge is 0.238 e. The lowest BCUT2D eigenvalue weighted by atomic mass is 9.99. The van der Waals surface area contributed by atoms with Crippen molar-refractivity contribution in [1.29, 1.82) is 0 Å². The molecule has 1 fully saturated rings. The molecule has 0 radical (unpaired) electrons. The number of nitrogens with zero attached hydrogens (tertiary/aromatic N) is 4. The van der Waals surface area contributed by atoms with Crippen LogP contribution in [0.25, 0.3) is 11.0 Å². The summed E-state index contributed by atoms with van der Waals surface area (Å²) in [6.45, 7) is 0.827. The summed E-state index contributed by atoms with van der Waals surface area (Å²) < 4.78 is 28.0. The molecule has 0 aromatic carbocycles. The van der Waals surface area contributed by atoms with Crippen LogP contribution in [0.5, 0.6) is 0 Å². The Morgan fingerprint density at radius 2 is 2.06 bits per heavy atom. The number of rotatable bonds is 7. The second kappa shape index (κ2) is 7.29. The molecule has 0 saturated heterocycles. The van der Waals surface area contributed by atoms with Crippen molar-refractivity contribution >= 4 is 44.3 Å². The van der Waals surface area contributed by atoms with E-state index in [1.807, 2.05) is 22.8 Å². The number of pyridine rings is 2. The first-order valence-corrected chi connectivity index (χ1v) is 12.2. The Balaban J connectivity index is 1.50. The van der Waals surface area contributed by atoms with E-state index in [4.69, 9.17) is 11.6 Å². The van der Waals surface area contributed by atoms with Crippen molar-refractivity contribution in [3.05, 3.63) is 53.1 Å². The number of fused-ring (bicyclic) bond motifs is 3. The third-order valence-corrected chi connectivity index (χ3v) is 7.88. The van der Waals surface area contributed by atoms with E-state index >= 15 is 0 Å². The van der Waals surface area contributed by atoms with Crippen molar-refractivity contribution in [2.45, 2.75) is 37.8 Å².